The maximum Gasteiger partial charge on any atom is 0.318 e. The molecular formula is C31H29NO5. The van der Waals surface area contributed by atoms with Gasteiger partial charge in [-0.1, -0.05) is 72.8 Å². The Hall–Kier alpha value is -4.32. The van der Waals surface area contributed by atoms with Crippen LogP contribution in [0.15, 0.2) is 91.0 Å². The summed E-state index contributed by atoms with van der Waals surface area (Å²) in [4.78, 5) is 26.3. The van der Waals surface area contributed by atoms with Gasteiger partial charge in [0.2, 0.25) is 5.78 Å². The maximum absolute atomic E-state index is 13.2. The van der Waals surface area contributed by atoms with Crippen LogP contribution in [0.25, 0.3) is 0 Å². The highest BCUT2D eigenvalue weighted by molar-refractivity contribution is 5.99. The third-order valence-corrected chi connectivity index (χ3v) is 6.67. The van der Waals surface area contributed by atoms with E-state index in [2.05, 4.69) is 0 Å². The number of carbonyl (C=O) groups excluding carboxylic acids is 2. The second-order valence-corrected chi connectivity index (χ2v) is 9.18. The zero-order valence-electron chi connectivity index (χ0n) is 20.9. The van der Waals surface area contributed by atoms with Crippen LogP contribution in [-0.2, 0) is 16.1 Å². The van der Waals surface area contributed by atoms with Gasteiger partial charge in [-0.3, -0.25) is 9.59 Å². The lowest BCUT2D eigenvalue weighted by molar-refractivity contribution is -0.143. The molecule has 0 spiro atoms. The lowest BCUT2D eigenvalue weighted by atomic mass is 9.91. The molecule has 37 heavy (non-hydrogen) atoms. The van der Waals surface area contributed by atoms with Gasteiger partial charge in [-0.05, 0) is 43.2 Å². The number of hydrogen-bond donors (Lipinski definition) is 0. The van der Waals surface area contributed by atoms with Crippen molar-refractivity contribution in [2.45, 2.75) is 32.4 Å². The minimum Gasteiger partial charge on any atom is -0.486 e. The molecular weight excluding hydrogens is 466 g/mol. The molecule has 1 unspecified atom stereocenters. The SMILES string of the molecule is Cc1cc(C(=O)COC(=O)C(c2ccccc2)c2ccccc2)c(C)n1CC1COc2ccccc2O1. The average Bonchev–Trinajstić information content (AvgIpc) is 3.21. The summed E-state index contributed by atoms with van der Waals surface area (Å²) in [5.74, 6) is 0.163. The summed E-state index contributed by atoms with van der Waals surface area (Å²) >= 11 is 0. The number of ketones is 1. The molecule has 6 nitrogen and oxygen atoms in total. The molecule has 0 saturated carbocycles. The number of aromatic nitrogens is 1. The lowest BCUT2D eigenvalue weighted by Gasteiger charge is -2.27. The number of rotatable bonds is 8. The third kappa shape index (κ3) is 5.28. The van der Waals surface area contributed by atoms with Crippen molar-refractivity contribution >= 4 is 11.8 Å². The molecule has 0 aliphatic carbocycles. The first-order chi connectivity index (χ1) is 18.0. The molecule has 1 aliphatic rings. The Balaban J connectivity index is 1.27. The van der Waals surface area contributed by atoms with Crippen molar-refractivity contribution in [3.8, 4) is 11.5 Å². The van der Waals surface area contributed by atoms with E-state index >= 15 is 0 Å². The Morgan fingerprint density at radius 2 is 1.49 bits per heavy atom. The normalized spacial score (nSPS) is 14.4. The number of esters is 1. The summed E-state index contributed by atoms with van der Waals surface area (Å²) in [5.41, 5.74) is 3.92. The van der Waals surface area contributed by atoms with Crippen molar-refractivity contribution < 1.29 is 23.8 Å². The van der Waals surface area contributed by atoms with Gasteiger partial charge in [0, 0.05) is 17.0 Å². The minimum absolute atomic E-state index is 0.182. The zero-order chi connectivity index (χ0) is 25.8. The molecule has 0 radical (unpaired) electrons. The second-order valence-electron chi connectivity index (χ2n) is 9.18. The molecule has 3 aromatic carbocycles. The Bertz CT molecular complexity index is 1350. The predicted octanol–water partition coefficient (Wildman–Crippen LogP) is 5.50. The van der Waals surface area contributed by atoms with Gasteiger partial charge in [-0.15, -0.1) is 0 Å². The molecule has 6 heteroatoms. The van der Waals surface area contributed by atoms with E-state index in [1.807, 2.05) is 109 Å². The van der Waals surface area contributed by atoms with Crippen LogP contribution in [0.5, 0.6) is 11.5 Å². The topological polar surface area (TPSA) is 66.8 Å². The Kier molecular flexibility index (Phi) is 7.08. The minimum atomic E-state index is -0.603. The Labute approximate surface area is 216 Å². The summed E-state index contributed by atoms with van der Waals surface area (Å²) in [6, 6.07) is 28.4. The van der Waals surface area contributed by atoms with E-state index in [4.69, 9.17) is 14.2 Å². The fraction of sp³-hybridized carbons (Fsp3) is 0.226. The summed E-state index contributed by atoms with van der Waals surface area (Å²) in [5, 5.41) is 0. The summed E-state index contributed by atoms with van der Waals surface area (Å²) in [7, 11) is 0. The van der Waals surface area contributed by atoms with Gasteiger partial charge in [-0.2, -0.15) is 0 Å². The van der Waals surface area contributed by atoms with Crippen molar-refractivity contribution in [1.29, 1.82) is 0 Å². The van der Waals surface area contributed by atoms with Gasteiger partial charge in [0.15, 0.2) is 24.2 Å². The summed E-state index contributed by atoms with van der Waals surface area (Å²) < 4.78 is 19.6. The quantitative estimate of drug-likeness (QED) is 0.238. The number of benzene rings is 3. The molecule has 0 N–H and O–H groups in total. The van der Waals surface area contributed by atoms with Crippen LogP contribution >= 0.6 is 0 Å². The molecule has 0 fully saturated rings. The highest BCUT2D eigenvalue weighted by Gasteiger charge is 2.27. The molecule has 188 valence electrons. The molecule has 1 aromatic heterocycles. The summed E-state index contributed by atoms with van der Waals surface area (Å²) in [6.07, 6.45) is -0.182. The van der Waals surface area contributed by atoms with E-state index in [0.29, 0.717) is 18.7 Å². The van der Waals surface area contributed by atoms with Gasteiger partial charge < -0.3 is 18.8 Å². The molecule has 1 atom stereocenters. The van der Waals surface area contributed by atoms with Crippen molar-refractivity contribution in [2.24, 2.45) is 0 Å². The van der Waals surface area contributed by atoms with Gasteiger partial charge in [-0.25, -0.2) is 0 Å². The van der Waals surface area contributed by atoms with Crippen LogP contribution in [0.1, 0.15) is 38.8 Å². The third-order valence-electron chi connectivity index (χ3n) is 6.67. The Morgan fingerprint density at radius 1 is 0.892 bits per heavy atom. The molecule has 4 aromatic rings. The van der Waals surface area contributed by atoms with E-state index in [9.17, 15) is 9.59 Å². The van der Waals surface area contributed by atoms with E-state index in [0.717, 1.165) is 34.0 Å². The van der Waals surface area contributed by atoms with E-state index in [1.165, 1.54) is 0 Å². The summed E-state index contributed by atoms with van der Waals surface area (Å²) in [6.45, 7) is 4.50. The van der Waals surface area contributed by atoms with Gasteiger partial charge >= 0.3 is 5.97 Å². The van der Waals surface area contributed by atoms with Gasteiger partial charge in [0.1, 0.15) is 12.5 Å². The molecule has 1 aliphatic heterocycles. The number of nitrogens with zero attached hydrogens (tertiary/aromatic N) is 1. The lowest BCUT2D eigenvalue weighted by Crippen LogP contribution is -2.33. The first kappa shape index (κ1) is 24.4. The average molecular weight is 496 g/mol. The van der Waals surface area contributed by atoms with E-state index in [-0.39, 0.29) is 18.5 Å². The molecule has 2 heterocycles. The number of ether oxygens (including phenoxy) is 3. The first-order valence-corrected chi connectivity index (χ1v) is 12.4. The second kappa shape index (κ2) is 10.7. The van der Waals surface area contributed by atoms with Crippen molar-refractivity contribution in [3.63, 3.8) is 0 Å². The van der Waals surface area contributed by atoms with Gasteiger partial charge in [0.05, 0.1) is 6.54 Å². The van der Waals surface area contributed by atoms with Crippen LogP contribution < -0.4 is 9.47 Å². The number of fused-ring (bicyclic) bond motifs is 1. The molecule has 5 rings (SSSR count). The predicted molar refractivity (Wildman–Crippen MR) is 140 cm³/mol. The smallest absolute Gasteiger partial charge is 0.318 e. The van der Waals surface area contributed by atoms with Crippen LogP contribution in [0.4, 0.5) is 0 Å². The monoisotopic (exact) mass is 495 g/mol. The van der Waals surface area contributed by atoms with Gasteiger partial charge in [0.25, 0.3) is 0 Å². The number of aryl methyl sites for hydroxylation is 1. The molecule has 0 bridgehead atoms. The van der Waals surface area contributed by atoms with Crippen molar-refractivity contribution in [3.05, 3.63) is 119 Å². The van der Waals surface area contributed by atoms with E-state index < -0.39 is 11.9 Å². The Morgan fingerprint density at radius 3 is 2.14 bits per heavy atom. The highest BCUT2D eigenvalue weighted by Crippen LogP contribution is 2.32. The standard InChI is InChI=1S/C31H29NO5/c1-21-17-26(22(2)32(21)18-25-19-35-28-15-9-10-16-29(28)37-25)27(33)20-36-31(34)30(23-11-5-3-6-12-23)24-13-7-4-8-14-24/h3-17,25,30H,18-20H2,1-2H3. The number of carbonyl (C=O) groups is 2. The largest absolute Gasteiger partial charge is 0.486 e. The van der Waals surface area contributed by atoms with Crippen LogP contribution in [0.2, 0.25) is 0 Å². The first-order valence-electron chi connectivity index (χ1n) is 12.4. The van der Waals surface area contributed by atoms with Crippen LogP contribution in [-0.4, -0.2) is 35.6 Å². The zero-order valence-corrected chi connectivity index (χ0v) is 20.9. The fourth-order valence-electron chi connectivity index (χ4n) is 4.77. The van der Waals surface area contributed by atoms with Crippen LogP contribution in [0.3, 0.4) is 0 Å². The van der Waals surface area contributed by atoms with Crippen molar-refractivity contribution in [2.75, 3.05) is 13.2 Å². The highest BCUT2D eigenvalue weighted by atomic mass is 16.6. The number of hydrogen-bond acceptors (Lipinski definition) is 5. The number of para-hydroxylation sites is 2. The van der Waals surface area contributed by atoms with Crippen molar-refractivity contribution in [1.82, 2.24) is 4.57 Å². The molecule has 0 amide bonds. The van der Waals surface area contributed by atoms with Crippen LogP contribution in [0, 0.1) is 13.8 Å². The van der Waals surface area contributed by atoms with E-state index in [1.54, 1.807) is 0 Å². The maximum atomic E-state index is 13.2. The molecule has 0 saturated heterocycles. The fourth-order valence-corrected chi connectivity index (χ4v) is 4.77. The number of Topliss-reactive ketones (excluding diaryl/α,β-unsaturated/α-hetero) is 1.